The van der Waals surface area contributed by atoms with E-state index in [9.17, 15) is 4.39 Å². The molecule has 1 aliphatic heterocycles. The third kappa shape index (κ3) is 2.74. The van der Waals surface area contributed by atoms with Crippen LogP contribution in [0.2, 0.25) is 0 Å². The Labute approximate surface area is 125 Å². The molecule has 112 valence electrons. The molecule has 2 aromatic rings. The van der Waals surface area contributed by atoms with Gasteiger partial charge in [-0.25, -0.2) is 4.39 Å². The van der Waals surface area contributed by atoms with Crippen LogP contribution in [0.4, 0.5) is 4.39 Å². The SMILES string of the molecule is CN1CCC(CN)(c2c[nH]c(-c3ccc(F)cc3)c2)CC1. The van der Waals surface area contributed by atoms with Gasteiger partial charge in [-0.1, -0.05) is 0 Å². The van der Waals surface area contributed by atoms with Crippen molar-refractivity contribution in [2.24, 2.45) is 5.73 Å². The first-order valence-corrected chi connectivity index (χ1v) is 7.46. The number of aromatic amines is 1. The number of likely N-dealkylation sites (tertiary alicyclic amines) is 1. The molecule has 3 nitrogen and oxygen atoms in total. The number of nitrogens with two attached hydrogens (primary N) is 1. The highest BCUT2D eigenvalue weighted by Gasteiger charge is 2.34. The molecular weight excluding hydrogens is 265 g/mol. The number of aromatic nitrogens is 1. The van der Waals surface area contributed by atoms with Gasteiger partial charge in [-0.05, 0) is 74.4 Å². The lowest BCUT2D eigenvalue weighted by Gasteiger charge is -2.39. The lowest BCUT2D eigenvalue weighted by atomic mass is 9.74. The van der Waals surface area contributed by atoms with E-state index in [0.717, 1.165) is 37.2 Å². The van der Waals surface area contributed by atoms with Crippen LogP contribution in [0.5, 0.6) is 0 Å². The van der Waals surface area contributed by atoms with Crippen LogP contribution in [0.1, 0.15) is 18.4 Å². The van der Waals surface area contributed by atoms with Gasteiger partial charge >= 0.3 is 0 Å². The summed E-state index contributed by atoms with van der Waals surface area (Å²) in [6, 6.07) is 8.75. The van der Waals surface area contributed by atoms with Gasteiger partial charge in [-0.3, -0.25) is 0 Å². The van der Waals surface area contributed by atoms with Crippen molar-refractivity contribution in [1.82, 2.24) is 9.88 Å². The zero-order valence-corrected chi connectivity index (χ0v) is 12.4. The number of hydrogen-bond acceptors (Lipinski definition) is 2. The van der Waals surface area contributed by atoms with Crippen LogP contribution in [-0.4, -0.2) is 36.6 Å². The normalized spacial score (nSPS) is 18.8. The van der Waals surface area contributed by atoms with Crippen LogP contribution in [0.3, 0.4) is 0 Å². The average molecular weight is 287 g/mol. The van der Waals surface area contributed by atoms with Crippen LogP contribution in [-0.2, 0) is 5.41 Å². The molecule has 0 spiro atoms. The largest absolute Gasteiger partial charge is 0.361 e. The molecule has 21 heavy (non-hydrogen) atoms. The van der Waals surface area contributed by atoms with E-state index in [4.69, 9.17) is 5.73 Å². The van der Waals surface area contributed by atoms with E-state index in [1.54, 1.807) is 12.1 Å². The van der Waals surface area contributed by atoms with Gasteiger partial charge in [0, 0.05) is 23.9 Å². The van der Waals surface area contributed by atoms with Gasteiger partial charge < -0.3 is 15.6 Å². The molecule has 1 aliphatic rings. The molecule has 0 bridgehead atoms. The highest BCUT2D eigenvalue weighted by atomic mass is 19.1. The number of H-pyrrole nitrogens is 1. The Hall–Kier alpha value is -1.65. The van der Waals surface area contributed by atoms with Crippen LogP contribution in [0.25, 0.3) is 11.3 Å². The van der Waals surface area contributed by atoms with Gasteiger partial charge in [0.15, 0.2) is 0 Å². The number of nitrogens with one attached hydrogen (secondary N) is 1. The van der Waals surface area contributed by atoms with E-state index in [-0.39, 0.29) is 11.2 Å². The standard InChI is InChI=1S/C17H22FN3/c1-21-8-6-17(12-19,7-9-21)14-10-16(20-11-14)13-2-4-15(18)5-3-13/h2-5,10-11,20H,6-9,12,19H2,1H3. The van der Waals surface area contributed by atoms with E-state index in [1.807, 2.05) is 0 Å². The van der Waals surface area contributed by atoms with Crippen molar-refractivity contribution in [3.05, 3.63) is 47.9 Å². The summed E-state index contributed by atoms with van der Waals surface area (Å²) >= 11 is 0. The van der Waals surface area contributed by atoms with E-state index in [0.29, 0.717) is 6.54 Å². The Balaban J connectivity index is 1.88. The molecular formula is C17H22FN3. The predicted molar refractivity (Wildman–Crippen MR) is 83.7 cm³/mol. The van der Waals surface area contributed by atoms with Gasteiger partial charge in [0.05, 0.1) is 0 Å². The quantitative estimate of drug-likeness (QED) is 0.911. The van der Waals surface area contributed by atoms with Crippen LogP contribution >= 0.6 is 0 Å². The number of hydrogen-bond donors (Lipinski definition) is 2. The van der Waals surface area contributed by atoms with E-state index in [1.165, 1.54) is 17.7 Å². The van der Waals surface area contributed by atoms with Gasteiger partial charge in [0.25, 0.3) is 0 Å². The molecule has 0 saturated carbocycles. The summed E-state index contributed by atoms with van der Waals surface area (Å²) in [6.07, 6.45) is 4.23. The topological polar surface area (TPSA) is 45.0 Å². The Bertz CT molecular complexity index is 595. The molecule has 1 aromatic heterocycles. The van der Waals surface area contributed by atoms with E-state index in [2.05, 4.69) is 29.2 Å². The minimum Gasteiger partial charge on any atom is -0.361 e. The fourth-order valence-electron chi connectivity index (χ4n) is 3.15. The fraction of sp³-hybridized carbons (Fsp3) is 0.412. The van der Waals surface area contributed by atoms with Crippen molar-refractivity contribution in [3.63, 3.8) is 0 Å². The summed E-state index contributed by atoms with van der Waals surface area (Å²) < 4.78 is 13.0. The third-order valence-corrected chi connectivity index (χ3v) is 4.79. The lowest BCUT2D eigenvalue weighted by Crippen LogP contribution is -2.45. The molecule has 0 unspecified atom stereocenters. The first kappa shape index (κ1) is 14.3. The van der Waals surface area contributed by atoms with Gasteiger partial charge in [-0.15, -0.1) is 0 Å². The summed E-state index contributed by atoms with van der Waals surface area (Å²) in [4.78, 5) is 5.67. The van der Waals surface area contributed by atoms with Gasteiger partial charge in [-0.2, -0.15) is 0 Å². The number of benzene rings is 1. The van der Waals surface area contributed by atoms with Crippen molar-refractivity contribution < 1.29 is 4.39 Å². The lowest BCUT2D eigenvalue weighted by molar-refractivity contribution is 0.192. The number of nitrogens with zero attached hydrogens (tertiary/aromatic N) is 1. The molecule has 0 aliphatic carbocycles. The summed E-state index contributed by atoms with van der Waals surface area (Å²) in [5.74, 6) is -0.209. The van der Waals surface area contributed by atoms with Crippen molar-refractivity contribution in [2.75, 3.05) is 26.7 Å². The second kappa shape index (κ2) is 5.62. The zero-order valence-electron chi connectivity index (χ0n) is 12.4. The van der Waals surface area contributed by atoms with Crippen LogP contribution in [0, 0.1) is 5.82 Å². The Morgan fingerprint density at radius 1 is 1.24 bits per heavy atom. The molecule has 3 N–H and O–H groups in total. The van der Waals surface area contributed by atoms with E-state index >= 15 is 0 Å². The average Bonchev–Trinajstić information content (AvgIpc) is 3.00. The number of piperidine rings is 1. The fourth-order valence-corrected chi connectivity index (χ4v) is 3.15. The molecule has 1 fully saturated rings. The Morgan fingerprint density at radius 2 is 1.90 bits per heavy atom. The maximum absolute atomic E-state index is 13.0. The number of halogens is 1. The van der Waals surface area contributed by atoms with Crippen molar-refractivity contribution in [1.29, 1.82) is 0 Å². The molecule has 0 amide bonds. The maximum Gasteiger partial charge on any atom is 0.123 e. The Morgan fingerprint density at radius 3 is 2.52 bits per heavy atom. The minimum atomic E-state index is -0.209. The zero-order chi connectivity index (χ0) is 14.9. The third-order valence-electron chi connectivity index (χ3n) is 4.79. The summed E-state index contributed by atoms with van der Waals surface area (Å²) in [5, 5.41) is 0. The maximum atomic E-state index is 13.0. The molecule has 0 radical (unpaired) electrons. The molecule has 1 saturated heterocycles. The predicted octanol–water partition coefficient (Wildman–Crippen LogP) is 2.74. The number of rotatable bonds is 3. The highest BCUT2D eigenvalue weighted by Crippen LogP contribution is 2.36. The smallest absolute Gasteiger partial charge is 0.123 e. The molecule has 4 heteroatoms. The summed E-state index contributed by atoms with van der Waals surface area (Å²) in [5.41, 5.74) is 9.47. The summed E-state index contributed by atoms with van der Waals surface area (Å²) in [7, 11) is 2.15. The minimum absolute atomic E-state index is 0.0707. The van der Waals surface area contributed by atoms with Gasteiger partial charge in [0.1, 0.15) is 5.82 Å². The van der Waals surface area contributed by atoms with Crippen LogP contribution in [0.15, 0.2) is 36.5 Å². The van der Waals surface area contributed by atoms with E-state index < -0.39 is 0 Å². The second-order valence-electron chi connectivity index (χ2n) is 6.10. The first-order chi connectivity index (χ1) is 10.1. The summed E-state index contributed by atoms with van der Waals surface area (Å²) in [6.45, 7) is 2.82. The molecule has 3 rings (SSSR count). The monoisotopic (exact) mass is 287 g/mol. The first-order valence-electron chi connectivity index (χ1n) is 7.46. The van der Waals surface area contributed by atoms with Crippen molar-refractivity contribution in [2.45, 2.75) is 18.3 Å². The molecule has 1 aromatic carbocycles. The molecule has 2 heterocycles. The Kier molecular flexibility index (Phi) is 3.83. The van der Waals surface area contributed by atoms with Crippen molar-refractivity contribution in [3.8, 4) is 11.3 Å². The highest BCUT2D eigenvalue weighted by molar-refractivity contribution is 5.61. The second-order valence-corrected chi connectivity index (χ2v) is 6.10. The van der Waals surface area contributed by atoms with Gasteiger partial charge in [0.2, 0.25) is 0 Å². The van der Waals surface area contributed by atoms with Crippen molar-refractivity contribution >= 4 is 0 Å². The van der Waals surface area contributed by atoms with Crippen LogP contribution < -0.4 is 5.73 Å². The molecule has 0 atom stereocenters.